The van der Waals surface area contributed by atoms with Crippen LogP contribution < -0.4 is 5.32 Å². The summed E-state index contributed by atoms with van der Waals surface area (Å²) in [6, 6.07) is 0.960. The van der Waals surface area contributed by atoms with E-state index in [0.29, 0.717) is 0 Å². The zero-order valence-corrected chi connectivity index (χ0v) is 10.6. The van der Waals surface area contributed by atoms with Crippen LogP contribution in [0.1, 0.15) is 39.0 Å². The molecule has 92 valence electrons. The average Bonchev–Trinajstić information content (AvgIpc) is 2.88. The lowest BCUT2D eigenvalue weighted by Crippen LogP contribution is -2.39. The topological polar surface area (TPSA) is 15.3 Å². The lowest BCUT2D eigenvalue weighted by molar-refractivity contribution is 0.154. The van der Waals surface area contributed by atoms with E-state index in [4.69, 9.17) is 0 Å². The van der Waals surface area contributed by atoms with Crippen molar-refractivity contribution in [2.24, 2.45) is 17.8 Å². The van der Waals surface area contributed by atoms with Crippen molar-refractivity contribution in [3.63, 3.8) is 0 Å². The molecule has 3 aliphatic rings. The van der Waals surface area contributed by atoms with Crippen LogP contribution >= 0.6 is 0 Å². The molecule has 0 radical (unpaired) electrons. The Labute approximate surface area is 99.8 Å². The zero-order valence-electron chi connectivity index (χ0n) is 10.6. The van der Waals surface area contributed by atoms with E-state index in [1.807, 2.05) is 0 Å². The largest absolute Gasteiger partial charge is 0.316 e. The fourth-order valence-electron chi connectivity index (χ4n) is 4.14. The number of fused-ring (bicyclic) bond motifs is 1. The number of hydrogen-bond acceptors (Lipinski definition) is 2. The highest BCUT2D eigenvalue weighted by Crippen LogP contribution is 2.37. The van der Waals surface area contributed by atoms with Crippen LogP contribution in [0, 0.1) is 17.8 Å². The van der Waals surface area contributed by atoms with Crippen LogP contribution in [-0.2, 0) is 0 Å². The van der Waals surface area contributed by atoms with E-state index in [1.54, 1.807) is 0 Å². The first-order valence-corrected chi connectivity index (χ1v) is 7.29. The van der Waals surface area contributed by atoms with Crippen molar-refractivity contribution in [1.29, 1.82) is 0 Å². The van der Waals surface area contributed by atoms with E-state index in [0.717, 1.165) is 23.8 Å². The second-order valence-electron chi connectivity index (χ2n) is 6.29. The minimum Gasteiger partial charge on any atom is -0.316 e. The third-order valence-electron chi connectivity index (χ3n) is 5.27. The summed E-state index contributed by atoms with van der Waals surface area (Å²) in [6.45, 7) is 7.68. The molecule has 3 fully saturated rings. The van der Waals surface area contributed by atoms with Crippen LogP contribution in [-0.4, -0.2) is 37.1 Å². The van der Waals surface area contributed by atoms with Crippen LogP contribution in [0.4, 0.5) is 0 Å². The quantitative estimate of drug-likeness (QED) is 0.770. The minimum atomic E-state index is 0.891. The molecule has 2 saturated heterocycles. The summed E-state index contributed by atoms with van der Waals surface area (Å²) in [5.41, 5.74) is 0. The number of nitrogens with one attached hydrogen (secondary N) is 1. The molecule has 0 spiro atoms. The zero-order chi connectivity index (χ0) is 11.0. The molecule has 0 bridgehead atoms. The van der Waals surface area contributed by atoms with Gasteiger partial charge < -0.3 is 5.32 Å². The Bertz CT molecular complexity index is 241. The Hall–Kier alpha value is -0.0800. The molecular formula is C14H26N2. The number of nitrogens with zero attached hydrogens (tertiary/aromatic N) is 1. The first-order valence-electron chi connectivity index (χ1n) is 7.29. The van der Waals surface area contributed by atoms with Gasteiger partial charge in [0.15, 0.2) is 0 Å². The molecule has 1 saturated carbocycles. The normalized spacial score (nSPS) is 44.8. The monoisotopic (exact) mass is 222 g/mol. The van der Waals surface area contributed by atoms with Gasteiger partial charge in [-0.05, 0) is 56.7 Å². The Morgan fingerprint density at radius 3 is 2.81 bits per heavy atom. The maximum Gasteiger partial charge on any atom is 0.0124 e. The first kappa shape index (κ1) is 11.0. The third-order valence-corrected chi connectivity index (χ3v) is 5.27. The number of likely N-dealkylation sites (tertiary alicyclic amines) is 1. The molecule has 2 unspecified atom stereocenters. The molecule has 2 aliphatic heterocycles. The van der Waals surface area contributed by atoms with Gasteiger partial charge in [-0.15, -0.1) is 0 Å². The van der Waals surface area contributed by atoms with Gasteiger partial charge in [0.05, 0.1) is 0 Å². The van der Waals surface area contributed by atoms with Crippen molar-refractivity contribution < 1.29 is 0 Å². The Balaban J connectivity index is 1.58. The number of rotatable bonds is 2. The van der Waals surface area contributed by atoms with Crippen molar-refractivity contribution in [2.45, 2.75) is 45.1 Å². The molecular weight excluding hydrogens is 196 g/mol. The van der Waals surface area contributed by atoms with E-state index >= 15 is 0 Å². The molecule has 0 aromatic heterocycles. The molecule has 1 aliphatic carbocycles. The Kier molecular flexibility index (Phi) is 3.21. The van der Waals surface area contributed by atoms with Crippen LogP contribution in [0.5, 0.6) is 0 Å². The summed E-state index contributed by atoms with van der Waals surface area (Å²) < 4.78 is 0. The minimum absolute atomic E-state index is 0.891. The molecule has 0 aromatic carbocycles. The van der Waals surface area contributed by atoms with E-state index in [-0.39, 0.29) is 0 Å². The average molecular weight is 222 g/mol. The second kappa shape index (κ2) is 4.66. The number of hydrogen-bond donors (Lipinski definition) is 1. The van der Waals surface area contributed by atoms with Gasteiger partial charge in [-0.3, -0.25) is 4.90 Å². The third kappa shape index (κ3) is 2.02. The molecule has 0 amide bonds. The van der Waals surface area contributed by atoms with E-state index in [1.165, 1.54) is 58.3 Å². The maximum absolute atomic E-state index is 3.54. The van der Waals surface area contributed by atoms with Gasteiger partial charge >= 0.3 is 0 Å². The van der Waals surface area contributed by atoms with E-state index in [9.17, 15) is 0 Å². The summed E-state index contributed by atoms with van der Waals surface area (Å²) in [5.74, 6) is 2.86. The SMILES string of the molecule is C[C@@H]1CNC[C@H]1CN1CCC2CCCCC21. The van der Waals surface area contributed by atoms with Crippen molar-refractivity contribution in [2.75, 3.05) is 26.2 Å². The molecule has 1 N–H and O–H groups in total. The van der Waals surface area contributed by atoms with Crippen LogP contribution in [0.2, 0.25) is 0 Å². The standard InChI is InChI=1S/C14H26N2/c1-11-8-15-9-13(11)10-16-7-6-12-4-2-3-5-14(12)16/h11-15H,2-10H2,1H3/t11-,12?,13+,14?/m1/s1. The second-order valence-corrected chi connectivity index (χ2v) is 6.29. The van der Waals surface area contributed by atoms with Gasteiger partial charge in [-0.1, -0.05) is 19.8 Å². The van der Waals surface area contributed by atoms with Gasteiger partial charge in [0.2, 0.25) is 0 Å². The summed E-state index contributed by atoms with van der Waals surface area (Å²) in [5, 5.41) is 3.54. The lowest BCUT2D eigenvalue weighted by Gasteiger charge is -2.33. The van der Waals surface area contributed by atoms with Crippen LogP contribution in [0.3, 0.4) is 0 Å². The Morgan fingerprint density at radius 1 is 1.12 bits per heavy atom. The molecule has 4 atom stereocenters. The van der Waals surface area contributed by atoms with Crippen LogP contribution in [0.15, 0.2) is 0 Å². The highest BCUT2D eigenvalue weighted by molar-refractivity contribution is 4.92. The fourth-order valence-corrected chi connectivity index (χ4v) is 4.14. The van der Waals surface area contributed by atoms with E-state index < -0.39 is 0 Å². The van der Waals surface area contributed by atoms with Gasteiger partial charge in [0.1, 0.15) is 0 Å². The molecule has 3 rings (SSSR count). The summed E-state index contributed by atoms with van der Waals surface area (Å²) in [4.78, 5) is 2.83. The molecule has 2 heteroatoms. The van der Waals surface area contributed by atoms with Gasteiger partial charge in [-0.2, -0.15) is 0 Å². The molecule has 2 heterocycles. The highest BCUT2D eigenvalue weighted by atomic mass is 15.2. The predicted molar refractivity (Wildman–Crippen MR) is 67.5 cm³/mol. The van der Waals surface area contributed by atoms with Crippen molar-refractivity contribution in [1.82, 2.24) is 10.2 Å². The molecule has 0 aromatic rings. The van der Waals surface area contributed by atoms with Crippen molar-refractivity contribution >= 4 is 0 Å². The first-order chi connectivity index (χ1) is 7.84. The lowest BCUT2D eigenvalue weighted by atomic mass is 9.85. The predicted octanol–water partition coefficient (Wildman–Crippen LogP) is 2.11. The maximum atomic E-state index is 3.54. The van der Waals surface area contributed by atoms with Gasteiger partial charge in [0.25, 0.3) is 0 Å². The van der Waals surface area contributed by atoms with Crippen molar-refractivity contribution in [3.8, 4) is 0 Å². The van der Waals surface area contributed by atoms with Gasteiger partial charge in [-0.25, -0.2) is 0 Å². The van der Waals surface area contributed by atoms with Gasteiger partial charge in [0, 0.05) is 12.6 Å². The van der Waals surface area contributed by atoms with E-state index in [2.05, 4.69) is 17.1 Å². The Morgan fingerprint density at radius 2 is 2.00 bits per heavy atom. The molecule has 16 heavy (non-hydrogen) atoms. The fraction of sp³-hybridized carbons (Fsp3) is 1.00. The van der Waals surface area contributed by atoms with Crippen molar-refractivity contribution in [3.05, 3.63) is 0 Å². The summed E-state index contributed by atoms with van der Waals surface area (Å²) in [7, 11) is 0. The summed E-state index contributed by atoms with van der Waals surface area (Å²) >= 11 is 0. The highest BCUT2D eigenvalue weighted by Gasteiger charge is 2.37. The molecule has 2 nitrogen and oxygen atoms in total. The summed E-state index contributed by atoms with van der Waals surface area (Å²) in [6.07, 6.45) is 7.46. The van der Waals surface area contributed by atoms with Crippen LogP contribution in [0.25, 0.3) is 0 Å². The smallest absolute Gasteiger partial charge is 0.0124 e.